The maximum atomic E-state index is 12.1. The largest absolute Gasteiger partial charge is 0.488 e. The van der Waals surface area contributed by atoms with Gasteiger partial charge in [-0.3, -0.25) is 4.90 Å². The SMILES string of the molecule is COC(=O)NC(C(C)C)C(O)N1C(c2nc3c(ccc4cc5c(cc43)OCc3cc([B]OC(C)(C)C(C)(C)O)ccc3-5)[nH]2)CC2CC21. The second-order valence-corrected chi connectivity index (χ2v) is 14.7. The highest BCUT2D eigenvalue weighted by Gasteiger charge is 2.56. The van der Waals surface area contributed by atoms with Crippen molar-refractivity contribution in [2.75, 3.05) is 7.11 Å². The smallest absolute Gasteiger partial charge is 0.407 e. The van der Waals surface area contributed by atoms with Crippen LogP contribution < -0.4 is 15.5 Å². The van der Waals surface area contributed by atoms with E-state index in [0.29, 0.717) is 12.5 Å². The summed E-state index contributed by atoms with van der Waals surface area (Å²) in [6, 6.07) is 14.3. The summed E-state index contributed by atoms with van der Waals surface area (Å²) in [4.78, 5) is 22.9. The van der Waals surface area contributed by atoms with Crippen LogP contribution in [0.4, 0.5) is 4.79 Å². The minimum Gasteiger partial charge on any atom is -0.488 e. The summed E-state index contributed by atoms with van der Waals surface area (Å²) in [7, 11) is 3.04. The molecule has 4 aromatic rings. The number of imidazole rings is 1. The Hall–Kier alpha value is -3.64. The molecule has 7 rings (SSSR count). The number of aliphatic hydroxyl groups excluding tert-OH is 1. The fraction of sp³-hybridized carbons (Fsp3) is 0.500. The first-order valence-corrected chi connectivity index (χ1v) is 16.5. The fourth-order valence-corrected chi connectivity index (χ4v) is 7.01. The zero-order chi connectivity index (χ0) is 33.4. The normalized spacial score (nSPS) is 22.0. The van der Waals surface area contributed by atoms with E-state index >= 15 is 0 Å². The predicted molar refractivity (Wildman–Crippen MR) is 181 cm³/mol. The number of H-pyrrole nitrogens is 1. The molecule has 4 N–H and O–H groups in total. The van der Waals surface area contributed by atoms with Crippen molar-refractivity contribution in [2.24, 2.45) is 11.8 Å². The standard InChI is InChI=1S/C36H44BN4O6/c1-18(2)30(40-34(43)45-7)33(42)41-27-14-20(27)15-28(41)32-38-26-11-8-19-13-25-23-10-9-22(37-47-36(5,6)35(3,4)44)12-21(23)17-46-29(25)16-24(19)31(26)39-32/h8-13,16,18,20,27-28,30,33,42,44H,14-15,17H2,1-7H3,(H,38,39)(H,40,43). The molecule has 2 aliphatic heterocycles. The second kappa shape index (κ2) is 11.5. The third-order valence-corrected chi connectivity index (χ3v) is 10.6. The summed E-state index contributed by atoms with van der Waals surface area (Å²) in [5.74, 6) is 2.14. The Morgan fingerprint density at radius 2 is 1.91 bits per heavy atom. The Morgan fingerprint density at radius 1 is 1.13 bits per heavy atom. The van der Waals surface area contributed by atoms with Crippen molar-refractivity contribution in [3.63, 3.8) is 0 Å². The number of aliphatic hydroxyl groups is 2. The van der Waals surface area contributed by atoms with Crippen LogP contribution in [0.15, 0.2) is 42.5 Å². The van der Waals surface area contributed by atoms with Crippen LogP contribution >= 0.6 is 0 Å². The van der Waals surface area contributed by atoms with Crippen LogP contribution in [0, 0.1) is 11.8 Å². The van der Waals surface area contributed by atoms with Crippen molar-refractivity contribution in [3.8, 4) is 16.9 Å². The van der Waals surface area contributed by atoms with Crippen molar-refractivity contribution >= 4 is 40.8 Å². The Kier molecular flexibility index (Phi) is 7.82. The van der Waals surface area contributed by atoms with Crippen molar-refractivity contribution < 1.29 is 29.1 Å². The Labute approximate surface area is 276 Å². The Morgan fingerprint density at radius 3 is 2.64 bits per heavy atom. The molecule has 1 aliphatic carbocycles. The summed E-state index contributed by atoms with van der Waals surface area (Å²) >= 11 is 0. The summed E-state index contributed by atoms with van der Waals surface area (Å²) in [5, 5.41) is 27.0. The summed E-state index contributed by atoms with van der Waals surface area (Å²) in [6.07, 6.45) is 0.515. The monoisotopic (exact) mass is 639 g/mol. The highest BCUT2D eigenvalue weighted by Crippen LogP contribution is 2.54. The van der Waals surface area contributed by atoms with Crippen LogP contribution in [0.5, 0.6) is 5.75 Å². The lowest BCUT2D eigenvalue weighted by atomic mass is 9.80. The van der Waals surface area contributed by atoms with E-state index in [9.17, 15) is 15.0 Å². The lowest BCUT2D eigenvalue weighted by molar-refractivity contribution is -0.0893. The van der Waals surface area contributed by atoms with Gasteiger partial charge in [0.2, 0.25) is 0 Å². The van der Waals surface area contributed by atoms with Gasteiger partial charge in [-0.2, -0.15) is 0 Å². The van der Waals surface area contributed by atoms with Gasteiger partial charge in [-0.15, -0.1) is 0 Å². The van der Waals surface area contributed by atoms with Crippen LogP contribution in [0.25, 0.3) is 32.9 Å². The van der Waals surface area contributed by atoms with Crippen LogP contribution in [0.2, 0.25) is 0 Å². The highest BCUT2D eigenvalue weighted by molar-refractivity contribution is 6.47. The maximum Gasteiger partial charge on any atom is 0.407 e. The lowest BCUT2D eigenvalue weighted by Gasteiger charge is -2.37. The molecule has 3 aromatic carbocycles. The van der Waals surface area contributed by atoms with Crippen LogP contribution in [0.3, 0.4) is 0 Å². The molecular weight excluding hydrogens is 595 g/mol. The van der Waals surface area contributed by atoms with Crippen LogP contribution in [-0.4, -0.2) is 75.3 Å². The zero-order valence-electron chi connectivity index (χ0n) is 28.1. The molecule has 0 bridgehead atoms. The number of carbonyl (C=O) groups excluding carboxylic acids is 1. The number of likely N-dealkylation sites (tertiary alicyclic amines) is 1. The average molecular weight is 640 g/mol. The second-order valence-electron chi connectivity index (χ2n) is 14.7. The number of nitrogens with one attached hydrogen (secondary N) is 2. The molecule has 5 unspecified atom stereocenters. The first kappa shape index (κ1) is 31.9. The minimum atomic E-state index is -1.00. The van der Waals surface area contributed by atoms with Gasteiger partial charge in [-0.05, 0) is 87.1 Å². The number of fused-ring (bicyclic) bond motifs is 7. The molecule has 47 heavy (non-hydrogen) atoms. The summed E-state index contributed by atoms with van der Waals surface area (Å²) in [6.45, 7) is 11.6. The highest BCUT2D eigenvalue weighted by atomic mass is 16.5. The molecule has 1 saturated carbocycles. The van der Waals surface area contributed by atoms with Gasteiger partial charge in [0.1, 0.15) is 24.4 Å². The van der Waals surface area contributed by atoms with Crippen LogP contribution in [0.1, 0.15) is 71.8 Å². The molecule has 1 amide bonds. The van der Waals surface area contributed by atoms with E-state index in [4.69, 9.17) is 19.1 Å². The van der Waals surface area contributed by atoms with Gasteiger partial charge >= 0.3 is 13.6 Å². The van der Waals surface area contributed by atoms with Crippen molar-refractivity contribution in [3.05, 3.63) is 53.9 Å². The summed E-state index contributed by atoms with van der Waals surface area (Å²) < 4.78 is 17.1. The molecule has 2 fully saturated rings. The van der Waals surface area contributed by atoms with Gasteiger partial charge in [0, 0.05) is 17.0 Å². The molecule has 5 atom stereocenters. The van der Waals surface area contributed by atoms with Crippen molar-refractivity contribution in [2.45, 2.75) is 96.5 Å². The molecular formula is C36H44BN4O6. The number of ether oxygens (including phenoxy) is 2. The molecule has 247 valence electrons. The number of aromatic nitrogens is 2. The Bertz CT molecular complexity index is 1850. The number of nitrogens with zero attached hydrogens (tertiary/aromatic N) is 2. The van der Waals surface area contributed by atoms with E-state index in [1.165, 1.54) is 7.11 Å². The maximum absolute atomic E-state index is 12.1. The fourth-order valence-electron chi connectivity index (χ4n) is 7.01. The van der Waals surface area contributed by atoms with E-state index in [1.807, 2.05) is 33.8 Å². The van der Waals surface area contributed by atoms with Gasteiger partial charge in [0.05, 0.1) is 41.4 Å². The van der Waals surface area contributed by atoms with Crippen molar-refractivity contribution in [1.29, 1.82) is 0 Å². The molecule has 10 nitrogen and oxygen atoms in total. The molecule has 1 radical (unpaired) electrons. The quantitative estimate of drug-likeness (QED) is 0.190. The number of rotatable bonds is 9. The summed E-state index contributed by atoms with van der Waals surface area (Å²) in [5.41, 5.74) is 4.17. The number of hydrogen-bond donors (Lipinski definition) is 4. The number of amides is 1. The van der Waals surface area contributed by atoms with Gasteiger partial charge < -0.3 is 34.6 Å². The third-order valence-electron chi connectivity index (χ3n) is 10.6. The number of methoxy groups -OCH3 is 1. The van der Waals surface area contributed by atoms with E-state index in [-0.39, 0.29) is 18.0 Å². The van der Waals surface area contributed by atoms with E-state index in [1.54, 1.807) is 21.3 Å². The number of aromatic amines is 1. The molecule has 0 spiro atoms. The number of benzene rings is 3. The first-order chi connectivity index (χ1) is 22.3. The van der Waals surface area contributed by atoms with E-state index in [2.05, 4.69) is 51.6 Å². The molecule has 1 aromatic heterocycles. The topological polar surface area (TPSA) is 129 Å². The van der Waals surface area contributed by atoms with Crippen molar-refractivity contribution in [1.82, 2.24) is 20.2 Å². The molecule has 3 aliphatic rings. The van der Waals surface area contributed by atoms with E-state index < -0.39 is 29.6 Å². The van der Waals surface area contributed by atoms with E-state index in [0.717, 1.165) is 68.4 Å². The third kappa shape index (κ3) is 5.67. The first-order valence-electron chi connectivity index (χ1n) is 16.5. The van der Waals surface area contributed by atoms with Crippen LogP contribution in [-0.2, 0) is 16.0 Å². The average Bonchev–Trinajstić information content (AvgIpc) is 3.47. The number of piperidine rings is 1. The van der Waals surface area contributed by atoms with Gasteiger partial charge in [-0.1, -0.05) is 43.6 Å². The minimum absolute atomic E-state index is 0.00217. The van der Waals surface area contributed by atoms with Gasteiger partial charge in [0.15, 0.2) is 0 Å². The van der Waals surface area contributed by atoms with Gasteiger partial charge in [0.25, 0.3) is 0 Å². The number of carbonyl (C=O) groups is 1. The lowest BCUT2D eigenvalue weighted by Crippen LogP contribution is -2.55. The Balaban J connectivity index is 1.17. The molecule has 1 saturated heterocycles. The number of alkyl carbamates (subject to hydrolysis) is 1. The number of hydrogen-bond acceptors (Lipinski definition) is 8. The predicted octanol–water partition coefficient (Wildman–Crippen LogP) is 4.92. The zero-order valence-corrected chi connectivity index (χ0v) is 28.1. The molecule has 3 heterocycles. The molecule has 11 heteroatoms. The van der Waals surface area contributed by atoms with Gasteiger partial charge in [-0.25, -0.2) is 9.78 Å².